The first-order chi connectivity index (χ1) is 8.85. The Balaban J connectivity index is 3.51. The third kappa shape index (κ3) is 13.4. The Bertz CT molecular complexity index is 253. The molecule has 0 spiro atoms. The molecule has 0 saturated carbocycles. The van der Waals surface area contributed by atoms with Crippen LogP contribution in [0, 0.1) is 0 Å². The van der Waals surface area contributed by atoms with Gasteiger partial charge in [0.2, 0.25) is 0 Å². The van der Waals surface area contributed by atoms with Gasteiger partial charge in [-0.1, -0.05) is 25.3 Å². The van der Waals surface area contributed by atoms with E-state index in [2.05, 4.69) is 6.58 Å². The Kier molecular flexibility index (Phi) is 9.58. The van der Waals surface area contributed by atoms with Crippen molar-refractivity contribution in [3.05, 3.63) is 12.7 Å². The zero-order valence-corrected chi connectivity index (χ0v) is 12.8. The highest BCUT2D eigenvalue weighted by Crippen LogP contribution is 2.13. The van der Waals surface area contributed by atoms with Gasteiger partial charge >= 0.3 is 5.97 Å². The summed E-state index contributed by atoms with van der Waals surface area (Å²) < 4.78 is 5.20. The molecule has 3 nitrogen and oxygen atoms in total. The first-order valence-corrected chi connectivity index (χ1v) is 7.36. The maximum atomic E-state index is 11.5. The zero-order valence-electron chi connectivity index (χ0n) is 12.8. The van der Waals surface area contributed by atoms with Crippen LogP contribution in [0.2, 0.25) is 0 Å². The first kappa shape index (κ1) is 18.2. The Morgan fingerprint density at radius 3 is 2.42 bits per heavy atom. The van der Waals surface area contributed by atoms with E-state index in [9.17, 15) is 9.90 Å². The maximum absolute atomic E-state index is 11.5. The van der Waals surface area contributed by atoms with Crippen molar-refractivity contribution >= 4 is 5.97 Å². The molecule has 0 aliphatic heterocycles. The maximum Gasteiger partial charge on any atom is 0.306 e. The summed E-state index contributed by atoms with van der Waals surface area (Å²) in [6.45, 7) is 9.24. The largest absolute Gasteiger partial charge is 0.460 e. The number of carbonyl (C=O) groups is 1. The third-order valence-electron chi connectivity index (χ3n) is 2.80. The minimum atomic E-state index is -0.437. The van der Waals surface area contributed by atoms with Crippen molar-refractivity contribution in [1.29, 1.82) is 0 Å². The summed E-state index contributed by atoms with van der Waals surface area (Å²) in [5.41, 5.74) is -0.437. The number of unbranched alkanes of at least 4 members (excludes halogenated alkanes) is 4. The van der Waals surface area contributed by atoms with E-state index in [0.29, 0.717) is 12.8 Å². The summed E-state index contributed by atoms with van der Waals surface area (Å²) >= 11 is 0. The second kappa shape index (κ2) is 10.0. The van der Waals surface area contributed by atoms with Gasteiger partial charge in [0.25, 0.3) is 0 Å². The fraction of sp³-hybridized carbons (Fsp3) is 0.812. The van der Waals surface area contributed by atoms with E-state index in [0.717, 1.165) is 25.7 Å². The van der Waals surface area contributed by atoms with Crippen LogP contribution in [-0.4, -0.2) is 22.8 Å². The van der Waals surface area contributed by atoms with Crippen LogP contribution in [0.5, 0.6) is 0 Å². The lowest BCUT2D eigenvalue weighted by Crippen LogP contribution is -2.24. The van der Waals surface area contributed by atoms with Crippen molar-refractivity contribution in [1.82, 2.24) is 0 Å². The van der Waals surface area contributed by atoms with Crippen LogP contribution in [0.15, 0.2) is 12.7 Å². The lowest BCUT2D eigenvalue weighted by atomic mass is 10.0. The fourth-order valence-electron chi connectivity index (χ4n) is 1.84. The van der Waals surface area contributed by atoms with Crippen molar-refractivity contribution in [2.24, 2.45) is 0 Å². The normalized spacial score (nSPS) is 13.1. The SMILES string of the molecule is C=CCCCCCC[C@H](O)CCC(=O)OC(C)(C)C. The Morgan fingerprint density at radius 2 is 1.84 bits per heavy atom. The average Bonchev–Trinajstić information content (AvgIpc) is 2.29. The molecule has 0 aliphatic rings. The monoisotopic (exact) mass is 270 g/mol. The topological polar surface area (TPSA) is 46.5 Å². The van der Waals surface area contributed by atoms with Gasteiger partial charge in [-0.15, -0.1) is 6.58 Å². The summed E-state index contributed by atoms with van der Waals surface area (Å²) in [6.07, 6.45) is 8.73. The predicted molar refractivity (Wildman–Crippen MR) is 79.0 cm³/mol. The molecule has 0 rings (SSSR count). The summed E-state index contributed by atoms with van der Waals surface area (Å²) in [4.78, 5) is 11.5. The van der Waals surface area contributed by atoms with Crippen LogP contribution in [0.4, 0.5) is 0 Å². The van der Waals surface area contributed by atoms with Gasteiger partial charge in [0, 0.05) is 6.42 Å². The van der Waals surface area contributed by atoms with E-state index in [-0.39, 0.29) is 12.1 Å². The number of aliphatic hydroxyl groups excluding tert-OH is 1. The molecule has 0 aromatic carbocycles. The number of carbonyl (C=O) groups excluding carboxylic acids is 1. The van der Waals surface area contributed by atoms with E-state index in [1.54, 1.807) is 0 Å². The summed E-state index contributed by atoms with van der Waals surface area (Å²) in [6, 6.07) is 0. The molecule has 1 N–H and O–H groups in total. The fourth-order valence-corrected chi connectivity index (χ4v) is 1.84. The van der Waals surface area contributed by atoms with Gasteiger partial charge in [0.05, 0.1) is 6.10 Å². The number of aliphatic hydroxyl groups is 1. The van der Waals surface area contributed by atoms with Gasteiger partial charge in [-0.05, 0) is 46.5 Å². The van der Waals surface area contributed by atoms with E-state index >= 15 is 0 Å². The molecule has 0 aromatic rings. The molecule has 0 unspecified atom stereocenters. The quantitative estimate of drug-likeness (QED) is 0.371. The minimum absolute atomic E-state index is 0.225. The molecule has 3 heteroatoms. The average molecular weight is 270 g/mol. The molecule has 0 radical (unpaired) electrons. The number of rotatable bonds is 10. The molecule has 0 saturated heterocycles. The molecule has 112 valence electrons. The highest BCUT2D eigenvalue weighted by Gasteiger charge is 2.17. The molecule has 19 heavy (non-hydrogen) atoms. The van der Waals surface area contributed by atoms with Crippen molar-refractivity contribution in [3.8, 4) is 0 Å². The number of hydrogen-bond donors (Lipinski definition) is 1. The predicted octanol–water partition coefficient (Wildman–Crippen LogP) is 4.00. The third-order valence-corrected chi connectivity index (χ3v) is 2.80. The molecule has 1 atom stereocenters. The van der Waals surface area contributed by atoms with Gasteiger partial charge in [-0.2, -0.15) is 0 Å². The minimum Gasteiger partial charge on any atom is -0.460 e. The van der Waals surface area contributed by atoms with Crippen LogP contribution in [-0.2, 0) is 9.53 Å². The Labute approximate surface area is 118 Å². The number of esters is 1. The van der Waals surface area contributed by atoms with Crippen molar-refractivity contribution < 1.29 is 14.6 Å². The first-order valence-electron chi connectivity index (χ1n) is 7.36. The number of ether oxygens (including phenoxy) is 1. The molecule has 0 aliphatic carbocycles. The van der Waals surface area contributed by atoms with Gasteiger partial charge < -0.3 is 9.84 Å². The van der Waals surface area contributed by atoms with Crippen molar-refractivity contribution in [2.45, 2.75) is 83.8 Å². The summed E-state index contributed by atoms with van der Waals surface area (Å²) in [7, 11) is 0. The van der Waals surface area contributed by atoms with E-state index in [1.165, 1.54) is 12.8 Å². The van der Waals surface area contributed by atoms with E-state index < -0.39 is 5.60 Å². The second-order valence-electron chi connectivity index (χ2n) is 6.06. The highest BCUT2D eigenvalue weighted by molar-refractivity contribution is 5.69. The molecule has 0 bridgehead atoms. The Hall–Kier alpha value is -0.830. The van der Waals surface area contributed by atoms with Crippen LogP contribution in [0.1, 0.15) is 72.1 Å². The molecule has 0 aromatic heterocycles. The van der Waals surface area contributed by atoms with Crippen LogP contribution in [0.25, 0.3) is 0 Å². The molecule has 0 amide bonds. The zero-order chi connectivity index (χ0) is 14.7. The van der Waals surface area contributed by atoms with E-state index in [1.807, 2.05) is 26.8 Å². The highest BCUT2D eigenvalue weighted by atomic mass is 16.6. The summed E-state index contributed by atoms with van der Waals surface area (Å²) in [5.74, 6) is -0.225. The standard InChI is InChI=1S/C16H30O3/c1-5-6-7-8-9-10-11-14(17)12-13-15(18)19-16(2,3)4/h5,14,17H,1,6-13H2,2-4H3/t14-/m0/s1. The second-order valence-corrected chi connectivity index (χ2v) is 6.06. The molecule has 0 heterocycles. The lowest BCUT2D eigenvalue weighted by molar-refractivity contribution is -0.155. The summed E-state index contributed by atoms with van der Waals surface area (Å²) in [5, 5.41) is 9.78. The van der Waals surface area contributed by atoms with Gasteiger partial charge in [-0.3, -0.25) is 4.79 Å². The number of allylic oxidation sites excluding steroid dienone is 1. The van der Waals surface area contributed by atoms with Crippen LogP contribution in [0.3, 0.4) is 0 Å². The number of hydrogen-bond acceptors (Lipinski definition) is 3. The van der Waals surface area contributed by atoms with Crippen LogP contribution < -0.4 is 0 Å². The van der Waals surface area contributed by atoms with Gasteiger partial charge in [0.1, 0.15) is 5.60 Å². The molecule has 0 fully saturated rings. The van der Waals surface area contributed by atoms with Crippen molar-refractivity contribution in [3.63, 3.8) is 0 Å². The molecular formula is C16H30O3. The molecular weight excluding hydrogens is 240 g/mol. The van der Waals surface area contributed by atoms with Crippen LogP contribution >= 0.6 is 0 Å². The Morgan fingerprint density at radius 1 is 1.21 bits per heavy atom. The van der Waals surface area contributed by atoms with Crippen molar-refractivity contribution in [2.75, 3.05) is 0 Å². The smallest absolute Gasteiger partial charge is 0.306 e. The lowest BCUT2D eigenvalue weighted by Gasteiger charge is -2.20. The van der Waals surface area contributed by atoms with E-state index in [4.69, 9.17) is 4.74 Å². The van der Waals surface area contributed by atoms with Gasteiger partial charge in [-0.25, -0.2) is 0 Å². The van der Waals surface area contributed by atoms with Gasteiger partial charge in [0.15, 0.2) is 0 Å².